The number of hydrogen-bond donors (Lipinski definition) is 1. The minimum absolute atomic E-state index is 0.0244. The van der Waals surface area contributed by atoms with E-state index in [0.717, 1.165) is 50.6 Å². The fourth-order valence-electron chi connectivity index (χ4n) is 8.74. The number of likely N-dealkylation sites (tertiary alicyclic amines) is 2. The molecular formula is C42H70N4O6. The lowest BCUT2D eigenvalue weighted by Crippen LogP contribution is -2.54. The van der Waals surface area contributed by atoms with Crippen molar-refractivity contribution < 1.29 is 28.7 Å². The summed E-state index contributed by atoms with van der Waals surface area (Å²) in [6, 6.07) is 9.48. The maximum Gasteiger partial charge on any atom is 0.226 e. The number of likely N-dealkylation sites (N-methyl/N-ethyl adjacent to an activating group) is 2. The molecule has 2 aliphatic heterocycles. The number of nitrogens with two attached hydrogens (primary N) is 1. The molecule has 1 aromatic carbocycles. The van der Waals surface area contributed by atoms with Crippen LogP contribution in [0.5, 0.6) is 0 Å². The minimum Gasteiger partial charge on any atom is -0.379 e. The first-order valence-corrected chi connectivity index (χ1v) is 19.8. The molecule has 1 aromatic rings. The van der Waals surface area contributed by atoms with Crippen LogP contribution in [0.25, 0.3) is 0 Å². The number of ketones is 2. The summed E-state index contributed by atoms with van der Waals surface area (Å²) in [5.74, 6) is -0.797. The van der Waals surface area contributed by atoms with Gasteiger partial charge in [-0.15, -0.1) is 0 Å². The van der Waals surface area contributed by atoms with Crippen LogP contribution >= 0.6 is 0 Å². The molecule has 9 atom stereocenters. The first kappa shape index (κ1) is 43.7. The summed E-state index contributed by atoms with van der Waals surface area (Å²) in [6.07, 6.45) is 4.50. The second-order valence-corrected chi connectivity index (χ2v) is 16.3. The van der Waals surface area contributed by atoms with Crippen molar-refractivity contribution in [2.45, 2.75) is 129 Å². The predicted octanol–water partition coefficient (Wildman–Crippen LogP) is 5.40. The Kier molecular flexibility index (Phi) is 16.9. The van der Waals surface area contributed by atoms with Gasteiger partial charge in [-0.2, -0.15) is 0 Å². The predicted molar refractivity (Wildman–Crippen MR) is 207 cm³/mol. The highest BCUT2D eigenvalue weighted by Gasteiger charge is 2.45. The molecule has 9 unspecified atom stereocenters. The van der Waals surface area contributed by atoms with Crippen LogP contribution in [0.1, 0.15) is 98.5 Å². The van der Waals surface area contributed by atoms with E-state index >= 15 is 0 Å². The number of benzene rings is 1. The molecule has 0 saturated carbocycles. The zero-order valence-electron chi connectivity index (χ0n) is 33.9. The van der Waals surface area contributed by atoms with Crippen molar-refractivity contribution >= 4 is 23.4 Å². The number of ether oxygens (including phenoxy) is 2. The van der Waals surface area contributed by atoms with Gasteiger partial charge in [0.2, 0.25) is 11.8 Å². The quantitative estimate of drug-likeness (QED) is 0.179. The number of hydrogen-bond acceptors (Lipinski definition) is 8. The van der Waals surface area contributed by atoms with Gasteiger partial charge in [0.05, 0.1) is 36.3 Å². The largest absolute Gasteiger partial charge is 0.379 e. The van der Waals surface area contributed by atoms with Gasteiger partial charge >= 0.3 is 0 Å². The molecule has 0 spiro atoms. The van der Waals surface area contributed by atoms with Gasteiger partial charge in [-0.25, -0.2) is 0 Å². The molecule has 2 fully saturated rings. The second kappa shape index (κ2) is 20.1. The zero-order chi connectivity index (χ0) is 38.7. The van der Waals surface area contributed by atoms with Gasteiger partial charge in [0.1, 0.15) is 5.78 Å². The van der Waals surface area contributed by atoms with E-state index in [2.05, 4.69) is 30.9 Å². The fourth-order valence-corrected chi connectivity index (χ4v) is 8.74. The summed E-state index contributed by atoms with van der Waals surface area (Å²) < 4.78 is 12.1. The van der Waals surface area contributed by atoms with Crippen molar-refractivity contribution in [3.63, 3.8) is 0 Å². The van der Waals surface area contributed by atoms with Crippen LogP contribution in [0, 0.1) is 29.6 Å². The average Bonchev–Trinajstić information content (AvgIpc) is 3.76. The summed E-state index contributed by atoms with van der Waals surface area (Å²) in [6.45, 7) is 14.0. The summed E-state index contributed by atoms with van der Waals surface area (Å²) >= 11 is 0. The Morgan fingerprint density at radius 2 is 1.65 bits per heavy atom. The molecular weight excluding hydrogens is 656 g/mol. The van der Waals surface area contributed by atoms with Crippen LogP contribution in [-0.4, -0.2) is 116 Å². The molecule has 2 N–H and O–H groups in total. The second-order valence-electron chi connectivity index (χ2n) is 16.3. The highest BCUT2D eigenvalue weighted by Crippen LogP contribution is 2.34. The Morgan fingerprint density at radius 3 is 2.19 bits per heavy atom. The Labute approximate surface area is 314 Å². The number of methoxy groups -OCH3 is 2. The van der Waals surface area contributed by atoms with E-state index in [1.165, 1.54) is 0 Å². The van der Waals surface area contributed by atoms with Crippen molar-refractivity contribution in [2.75, 3.05) is 47.9 Å². The molecule has 0 radical (unpaired) electrons. The topological polar surface area (TPSA) is 122 Å². The van der Waals surface area contributed by atoms with Gasteiger partial charge in [-0.3, -0.25) is 24.1 Å². The van der Waals surface area contributed by atoms with Crippen LogP contribution in [0.3, 0.4) is 0 Å². The first-order valence-electron chi connectivity index (χ1n) is 19.8. The average molecular weight is 727 g/mol. The third-order valence-corrected chi connectivity index (χ3v) is 12.7. The van der Waals surface area contributed by atoms with E-state index in [1.54, 1.807) is 26.2 Å². The first-order chi connectivity index (χ1) is 24.6. The Balaban J connectivity index is 1.75. The molecule has 10 heteroatoms. The zero-order valence-corrected chi connectivity index (χ0v) is 33.9. The smallest absolute Gasteiger partial charge is 0.226 e. The van der Waals surface area contributed by atoms with Crippen molar-refractivity contribution in [1.82, 2.24) is 14.7 Å². The molecule has 0 aliphatic carbocycles. The minimum atomic E-state index is -0.553. The van der Waals surface area contributed by atoms with Crippen LogP contribution in [0.2, 0.25) is 0 Å². The van der Waals surface area contributed by atoms with Crippen molar-refractivity contribution in [3.8, 4) is 0 Å². The van der Waals surface area contributed by atoms with Crippen LogP contribution in [0.4, 0.5) is 0 Å². The van der Waals surface area contributed by atoms with Gasteiger partial charge in [0, 0.05) is 52.5 Å². The van der Waals surface area contributed by atoms with E-state index < -0.39 is 29.6 Å². The van der Waals surface area contributed by atoms with Crippen molar-refractivity contribution in [2.24, 2.45) is 35.3 Å². The monoisotopic (exact) mass is 727 g/mol. The van der Waals surface area contributed by atoms with Crippen LogP contribution in [0.15, 0.2) is 30.3 Å². The Hall–Kier alpha value is -2.66. The van der Waals surface area contributed by atoms with Crippen LogP contribution < -0.4 is 5.73 Å². The van der Waals surface area contributed by atoms with E-state index in [-0.39, 0.29) is 66.1 Å². The SMILES string of the molecule is CCC(C)C(C(CC(=O)N1CCCC1C(OC)C(C)C(=O)CC(CN)Cc1ccccc1)OC)N(C)C(=O)C(CC(=O)C1(C)CCCN1C)C(C)C. The molecule has 2 amide bonds. The summed E-state index contributed by atoms with van der Waals surface area (Å²) in [4.78, 5) is 61.6. The molecule has 2 aliphatic rings. The van der Waals surface area contributed by atoms with Gasteiger partial charge < -0.3 is 25.0 Å². The molecule has 2 heterocycles. The van der Waals surface area contributed by atoms with E-state index in [1.807, 2.05) is 57.8 Å². The lowest BCUT2D eigenvalue weighted by molar-refractivity contribution is -0.149. The van der Waals surface area contributed by atoms with Crippen molar-refractivity contribution in [3.05, 3.63) is 35.9 Å². The molecule has 3 rings (SSSR count). The number of nitrogens with zero attached hydrogens (tertiary/aromatic N) is 3. The van der Waals surface area contributed by atoms with Gasteiger partial charge in [-0.05, 0) is 82.5 Å². The molecule has 10 nitrogen and oxygen atoms in total. The van der Waals surface area contributed by atoms with Crippen molar-refractivity contribution in [1.29, 1.82) is 0 Å². The van der Waals surface area contributed by atoms with Gasteiger partial charge in [0.15, 0.2) is 5.78 Å². The molecule has 294 valence electrons. The van der Waals surface area contributed by atoms with Crippen LogP contribution in [-0.2, 0) is 35.1 Å². The third kappa shape index (κ3) is 10.5. The summed E-state index contributed by atoms with van der Waals surface area (Å²) in [5.41, 5.74) is 6.72. The molecule has 2 saturated heterocycles. The molecule has 0 aromatic heterocycles. The highest BCUT2D eigenvalue weighted by molar-refractivity contribution is 5.92. The lowest BCUT2D eigenvalue weighted by Gasteiger charge is -2.41. The number of Topliss-reactive ketones (excluding diaryl/α,β-unsaturated/α-hetero) is 2. The fraction of sp³-hybridized carbons (Fsp3) is 0.762. The summed E-state index contributed by atoms with van der Waals surface area (Å²) in [7, 11) is 7.02. The Bertz CT molecular complexity index is 1310. The molecule has 0 bridgehead atoms. The lowest BCUT2D eigenvalue weighted by atomic mass is 9.81. The number of carbonyl (C=O) groups excluding carboxylic acids is 4. The number of carbonyl (C=O) groups is 4. The maximum atomic E-state index is 14.3. The summed E-state index contributed by atoms with van der Waals surface area (Å²) in [5, 5.41) is 0. The van der Waals surface area contributed by atoms with E-state index in [0.29, 0.717) is 19.5 Å². The Morgan fingerprint density at radius 1 is 0.981 bits per heavy atom. The normalized spacial score (nSPS) is 23.5. The standard InChI is InChI=1S/C42H70N4O6/c1-11-29(4)39(45(8)41(50)33(28(2)3)25-37(48)42(6)20-16-21-44(42)7)36(51-9)26-38(49)46-22-15-19-34(46)40(52-10)30(5)35(47)24-32(27-43)23-31-17-13-12-14-18-31/h12-14,17-18,28-30,32-34,36,39-40H,11,15-16,19-27,43H2,1-10H3. The van der Waals surface area contributed by atoms with E-state index in [4.69, 9.17) is 15.2 Å². The van der Waals surface area contributed by atoms with Gasteiger partial charge in [0.25, 0.3) is 0 Å². The van der Waals surface area contributed by atoms with E-state index in [9.17, 15) is 19.2 Å². The number of amides is 2. The maximum absolute atomic E-state index is 14.3. The highest BCUT2D eigenvalue weighted by atomic mass is 16.5. The third-order valence-electron chi connectivity index (χ3n) is 12.7. The number of rotatable bonds is 21. The van der Waals surface area contributed by atoms with Gasteiger partial charge in [-0.1, -0.05) is 71.4 Å². The molecule has 52 heavy (non-hydrogen) atoms.